The zero-order valence-electron chi connectivity index (χ0n) is 2.95. The predicted octanol–water partition coefficient (Wildman–Crippen LogP) is 0.496. The summed E-state index contributed by atoms with van der Waals surface area (Å²) in [5.41, 5.74) is 0. The Kier molecular flexibility index (Phi) is 0.706. The van der Waals surface area contributed by atoms with Crippen LogP contribution in [0.1, 0.15) is 1.37 Å². The molecule has 0 unspecified atom stereocenters. The van der Waals surface area contributed by atoms with Crippen LogP contribution in [-0.4, -0.2) is 0 Å². The molecule has 0 spiro atoms. The van der Waals surface area contributed by atoms with E-state index < -0.39 is 0 Å². The van der Waals surface area contributed by atoms with Gasteiger partial charge in [0.1, 0.15) is 14.0 Å². The molecule has 4 heavy (non-hydrogen) atoms. The summed E-state index contributed by atoms with van der Waals surface area (Å²) in [5, 5.41) is 0. The average Bonchev–Trinajstić information content (AvgIpc) is 1.41. The second kappa shape index (κ2) is 2.05. The normalized spacial score (nSPS) is 4.25. The molecule has 0 bridgehead atoms. The minimum Gasteiger partial charge on any atom is -0.194 e. The zero-order chi connectivity index (χ0) is 4.12. The summed E-state index contributed by atoms with van der Waals surface area (Å²) in [6.45, 7) is 5.93. The smallest absolute Gasteiger partial charge is 0.128 e. The quantitative estimate of drug-likeness (QED) is 0.279. The molecule has 0 saturated carbocycles. The highest BCUT2D eigenvalue weighted by atomic mass is 14.6. The third-order valence-corrected chi connectivity index (χ3v) is 0.0559. The molecule has 0 fully saturated rings. The van der Waals surface area contributed by atoms with Gasteiger partial charge in [-0.25, -0.2) is 0 Å². The SMILES string of the molecule is [2H]C#C[N+]#[C-]. The van der Waals surface area contributed by atoms with Crippen molar-refractivity contribution in [3.05, 3.63) is 11.4 Å². The third-order valence-electron chi connectivity index (χ3n) is 0.0559. The van der Waals surface area contributed by atoms with Crippen LogP contribution in [0.25, 0.3) is 4.85 Å². The van der Waals surface area contributed by atoms with Crippen molar-refractivity contribution in [1.29, 1.82) is 0 Å². The molecule has 0 saturated heterocycles. The van der Waals surface area contributed by atoms with Crippen molar-refractivity contribution in [2.24, 2.45) is 0 Å². The average molecular weight is 52.1 g/mol. The van der Waals surface area contributed by atoms with Crippen molar-refractivity contribution in [3.8, 4) is 12.4 Å². The molecule has 0 aromatic heterocycles. The van der Waals surface area contributed by atoms with E-state index in [2.05, 4.69) is 4.85 Å². The molecule has 1 nitrogen and oxygen atoms in total. The molecular weight excluding hydrogens is 50.0 g/mol. The van der Waals surface area contributed by atoms with Gasteiger partial charge < -0.3 is 0 Å². The van der Waals surface area contributed by atoms with Gasteiger partial charge in [-0.15, -0.1) is 6.40 Å². The van der Waals surface area contributed by atoms with E-state index in [4.69, 9.17) is 7.94 Å². The molecule has 0 amide bonds. The van der Waals surface area contributed by atoms with Gasteiger partial charge in [0.25, 0.3) is 0 Å². The number of terminal acetylenes is 1. The fourth-order valence-electron chi connectivity index (χ4n) is 0. The lowest BCUT2D eigenvalue weighted by atomic mass is 11.2. The van der Waals surface area contributed by atoms with Crippen molar-refractivity contribution < 1.29 is 1.37 Å². The Morgan fingerprint density at radius 2 is 3.25 bits per heavy atom. The standard InChI is InChI=1S/C3HN/c1-3-4-2/h1H/i1D. The summed E-state index contributed by atoms with van der Waals surface area (Å²) in [7, 11) is 0. The van der Waals surface area contributed by atoms with E-state index in [9.17, 15) is 0 Å². The fourth-order valence-corrected chi connectivity index (χ4v) is 0. The second-order valence-electron chi connectivity index (χ2n) is 0.224. The van der Waals surface area contributed by atoms with E-state index in [0.717, 1.165) is 0 Å². The summed E-state index contributed by atoms with van der Waals surface area (Å²) in [6.07, 6.45) is 1.66. The molecule has 0 aliphatic heterocycles. The maximum absolute atomic E-state index is 6.03. The highest BCUT2D eigenvalue weighted by Gasteiger charge is 1.24. The van der Waals surface area contributed by atoms with Crippen molar-refractivity contribution in [1.82, 2.24) is 0 Å². The molecule has 0 aromatic rings. The van der Waals surface area contributed by atoms with Crippen LogP contribution in [-0.2, 0) is 0 Å². The largest absolute Gasteiger partial charge is 0.194 e. The lowest BCUT2D eigenvalue weighted by molar-refractivity contribution is 2.29. The molecule has 0 radical (unpaired) electrons. The summed E-state index contributed by atoms with van der Waals surface area (Å²) in [6, 6.07) is 1.82. The first-order chi connectivity index (χ1) is 2.41. The summed E-state index contributed by atoms with van der Waals surface area (Å²) < 4.78 is 6.03. The van der Waals surface area contributed by atoms with Crippen molar-refractivity contribution >= 4 is 0 Å². The van der Waals surface area contributed by atoms with E-state index >= 15 is 0 Å². The molecule has 0 N–H and O–H groups in total. The van der Waals surface area contributed by atoms with Gasteiger partial charge in [0.05, 0.1) is 0 Å². The lowest BCUT2D eigenvalue weighted by Gasteiger charge is -1.30. The number of nitrogens with zero attached hydrogens (tertiary/aromatic N) is 1. The highest BCUT2D eigenvalue weighted by Crippen LogP contribution is 1.40. The minimum atomic E-state index is 1.66. The van der Waals surface area contributed by atoms with Gasteiger partial charge in [-0.2, -0.15) is 4.85 Å². The van der Waals surface area contributed by atoms with Crippen molar-refractivity contribution in [2.75, 3.05) is 0 Å². The molecule has 0 aromatic carbocycles. The first kappa shape index (κ1) is 1.38. The summed E-state index contributed by atoms with van der Waals surface area (Å²) in [5.74, 6) is 0. The molecule has 0 aliphatic rings. The molecule has 18 valence electrons. The van der Waals surface area contributed by atoms with Gasteiger partial charge in [0.2, 0.25) is 0 Å². The number of rotatable bonds is 0. The molecule has 0 rings (SSSR count). The highest BCUT2D eigenvalue weighted by molar-refractivity contribution is 4.93. The topological polar surface area (TPSA) is 4.36 Å². The number of hydrogen-bond donors (Lipinski definition) is 0. The van der Waals surface area contributed by atoms with Gasteiger partial charge in [0.15, 0.2) is 0 Å². The van der Waals surface area contributed by atoms with Gasteiger partial charge in [-0.1, -0.05) is 0 Å². The maximum Gasteiger partial charge on any atom is 0.128 e. The van der Waals surface area contributed by atoms with Crippen LogP contribution in [0.2, 0.25) is 0 Å². The molecule has 1 heteroatoms. The van der Waals surface area contributed by atoms with E-state index in [-0.39, 0.29) is 0 Å². The van der Waals surface area contributed by atoms with Gasteiger partial charge >= 0.3 is 0 Å². The first-order valence-corrected chi connectivity index (χ1v) is 0.697. The Hall–Kier alpha value is -0.950. The van der Waals surface area contributed by atoms with Gasteiger partial charge in [-0.3, -0.25) is 0 Å². The van der Waals surface area contributed by atoms with E-state index in [1.807, 2.05) is 6.04 Å². The number of hydrogen-bond acceptors (Lipinski definition) is 0. The summed E-state index contributed by atoms with van der Waals surface area (Å²) >= 11 is 0. The van der Waals surface area contributed by atoms with Gasteiger partial charge in [0, 0.05) is 0 Å². The van der Waals surface area contributed by atoms with Crippen LogP contribution in [0.15, 0.2) is 0 Å². The van der Waals surface area contributed by atoms with Crippen LogP contribution < -0.4 is 0 Å². The van der Waals surface area contributed by atoms with E-state index in [1.165, 1.54) is 0 Å². The monoisotopic (exact) mass is 52.0 g/mol. The lowest BCUT2D eigenvalue weighted by Crippen LogP contribution is -1.15. The van der Waals surface area contributed by atoms with E-state index in [1.54, 1.807) is 6.40 Å². The second-order valence-corrected chi connectivity index (χ2v) is 0.224. The van der Waals surface area contributed by atoms with Crippen LogP contribution in [0, 0.1) is 19.0 Å². The third kappa shape index (κ3) is 1.05. The Morgan fingerprint density at radius 1 is 2.50 bits per heavy atom. The fraction of sp³-hybridized carbons (Fsp3) is 0. The van der Waals surface area contributed by atoms with Crippen LogP contribution in [0.5, 0.6) is 0 Å². The van der Waals surface area contributed by atoms with Crippen LogP contribution in [0.4, 0.5) is 0 Å². The molecule has 0 heterocycles. The van der Waals surface area contributed by atoms with Gasteiger partial charge in [-0.05, 0) is 0 Å². The summed E-state index contributed by atoms with van der Waals surface area (Å²) in [4.78, 5) is 2.56. The predicted molar refractivity (Wildman–Crippen MR) is 15.4 cm³/mol. The molecule has 0 aliphatic carbocycles. The van der Waals surface area contributed by atoms with Crippen LogP contribution >= 0.6 is 0 Å². The maximum atomic E-state index is 6.03. The Morgan fingerprint density at radius 3 is 3.25 bits per heavy atom. The first-order valence-electron chi connectivity index (χ1n) is 1.20. The minimum absolute atomic E-state index is 1.66. The van der Waals surface area contributed by atoms with Crippen molar-refractivity contribution in [2.45, 2.75) is 0 Å². The molecular formula is C3HN. The Balaban J connectivity index is 3.30. The van der Waals surface area contributed by atoms with Crippen LogP contribution in [0.3, 0.4) is 0 Å². The van der Waals surface area contributed by atoms with E-state index in [0.29, 0.717) is 0 Å². The van der Waals surface area contributed by atoms with Crippen molar-refractivity contribution in [3.63, 3.8) is 0 Å². The zero-order valence-corrected chi connectivity index (χ0v) is 1.95. The Labute approximate surface area is 26.5 Å². The Bertz CT molecular complexity index is 100. The molecule has 0 atom stereocenters.